The molecule has 4 nitrogen and oxygen atoms in total. The van der Waals surface area contributed by atoms with Gasteiger partial charge in [-0.25, -0.2) is 0 Å². The summed E-state index contributed by atoms with van der Waals surface area (Å²) >= 11 is 4.69. The first-order valence-corrected chi connectivity index (χ1v) is 6.38. The van der Waals surface area contributed by atoms with Crippen LogP contribution in [-0.4, -0.2) is 34.5 Å². The molecule has 6 heteroatoms. The van der Waals surface area contributed by atoms with E-state index in [4.69, 9.17) is 16.2 Å². The molecule has 0 saturated heterocycles. The van der Waals surface area contributed by atoms with Gasteiger partial charge in [-0.3, -0.25) is 5.41 Å². The zero-order chi connectivity index (χ0) is 12.1. The van der Waals surface area contributed by atoms with Gasteiger partial charge in [0.2, 0.25) is 0 Å². The van der Waals surface area contributed by atoms with Gasteiger partial charge in [-0.2, -0.15) is 0 Å². The van der Waals surface area contributed by atoms with Crippen molar-refractivity contribution in [2.45, 2.75) is 11.0 Å². The minimum absolute atomic E-state index is 0.0199. The average Bonchev–Trinajstić information content (AvgIpc) is 2.25. The Hall–Kier alpha value is -0.560. The van der Waals surface area contributed by atoms with E-state index < -0.39 is 6.10 Å². The molecule has 0 aliphatic carbocycles. The van der Waals surface area contributed by atoms with Gasteiger partial charge >= 0.3 is 0 Å². The second-order valence-corrected chi connectivity index (χ2v) is 5.09. The van der Waals surface area contributed by atoms with Gasteiger partial charge in [-0.05, 0) is 28.1 Å². The van der Waals surface area contributed by atoms with Crippen LogP contribution >= 0.6 is 27.7 Å². The third kappa shape index (κ3) is 3.48. The summed E-state index contributed by atoms with van der Waals surface area (Å²) in [6.45, 7) is -0.267. The van der Waals surface area contributed by atoms with Crippen LogP contribution in [0.3, 0.4) is 0 Å². The van der Waals surface area contributed by atoms with Crippen molar-refractivity contribution >= 4 is 33.5 Å². The summed E-state index contributed by atoms with van der Waals surface area (Å²) < 4.78 is 0.753. The predicted octanol–water partition coefficient (Wildman–Crippen LogP) is 1.18. The van der Waals surface area contributed by atoms with Gasteiger partial charge in [0.1, 0.15) is 5.84 Å². The van der Waals surface area contributed by atoms with Gasteiger partial charge in [0.15, 0.2) is 0 Å². The first-order valence-electron chi connectivity index (χ1n) is 4.61. The predicted molar refractivity (Wildman–Crippen MR) is 69.0 cm³/mol. The minimum atomic E-state index is -0.760. The number of amidine groups is 1. The molecule has 1 rings (SSSR count). The molecule has 88 valence electrons. The number of nitrogen functional groups attached to an aromatic ring is 1. The zero-order valence-corrected chi connectivity index (χ0v) is 10.9. The molecule has 0 amide bonds. The summed E-state index contributed by atoms with van der Waals surface area (Å²) in [5.41, 5.74) is 6.11. The molecule has 0 radical (unpaired) electrons. The molecule has 1 atom stereocenters. The van der Waals surface area contributed by atoms with Crippen molar-refractivity contribution in [3.05, 3.63) is 28.2 Å². The second-order valence-electron chi connectivity index (χ2n) is 3.17. The number of hydrogen-bond acceptors (Lipinski definition) is 4. The lowest BCUT2D eigenvalue weighted by molar-refractivity contribution is 0.113. The summed E-state index contributed by atoms with van der Waals surface area (Å²) in [6, 6.07) is 5.48. The van der Waals surface area contributed by atoms with Crippen molar-refractivity contribution in [2.75, 3.05) is 12.4 Å². The number of nitrogens with one attached hydrogen (secondary N) is 1. The smallest absolute Gasteiger partial charge is 0.125 e. The van der Waals surface area contributed by atoms with E-state index >= 15 is 0 Å². The molecule has 0 saturated carbocycles. The van der Waals surface area contributed by atoms with Crippen molar-refractivity contribution in [2.24, 2.45) is 5.73 Å². The van der Waals surface area contributed by atoms with E-state index in [0.29, 0.717) is 11.3 Å². The maximum Gasteiger partial charge on any atom is 0.125 e. The third-order valence-electron chi connectivity index (χ3n) is 1.89. The minimum Gasteiger partial charge on any atom is -0.394 e. The molecule has 1 unspecified atom stereocenters. The van der Waals surface area contributed by atoms with Crippen LogP contribution in [0.2, 0.25) is 0 Å². The van der Waals surface area contributed by atoms with Gasteiger partial charge in [-0.1, -0.05) is 6.07 Å². The van der Waals surface area contributed by atoms with E-state index in [1.54, 1.807) is 0 Å². The van der Waals surface area contributed by atoms with Gasteiger partial charge in [0.25, 0.3) is 0 Å². The molecular formula is C10H13BrN2O2S. The summed E-state index contributed by atoms with van der Waals surface area (Å²) in [7, 11) is 0. The monoisotopic (exact) mass is 304 g/mol. The van der Waals surface area contributed by atoms with Gasteiger partial charge in [0.05, 0.1) is 12.7 Å². The van der Waals surface area contributed by atoms with E-state index in [0.717, 1.165) is 9.37 Å². The fourth-order valence-electron chi connectivity index (χ4n) is 1.12. The van der Waals surface area contributed by atoms with E-state index in [1.165, 1.54) is 11.8 Å². The number of aliphatic hydroxyl groups excluding tert-OH is 2. The second kappa shape index (κ2) is 6.24. The molecule has 1 aromatic rings. The Balaban J connectivity index is 2.87. The Morgan fingerprint density at radius 1 is 1.56 bits per heavy atom. The Kier molecular flexibility index (Phi) is 5.27. The number of rotatable bonds is 5. The lowest BCUT2D eigenvalue weighted by Crippen LogP contribution is -2.16. The summed E-state index contributed by atoms with van der Waals surface area (Å²) in [5, 5.41) is 25.4. The van der Waals surface area contributed by atoms with Crippen LogP contribution in [-0.2, 0) is 0 Å². The maximum atomic E-state index is 9.25. The first kappa shape index (κ1) is 13.5. The fourth-order valence-corrected chi connectivity index (χ4v) is 2.85. The van der Waals surface area contributed by atoms with Crippen molar-refractivity contribution < 1.29 is 10.2 Å². The molecule has 0 bridgehead atoms. The van der Waals surface area contributed by atoms with Crippen LogP contribution in [0, 0.1) is 5.41 Å². The third-order valence-corrected chi connectivity index (χ3v) is 3.75. The number of halogens is 1. The SMILES string of the molecule is N=C(N)c1c(Br)cccc1SCC(O)CO. The highest BCUT2D eigenvalue weighted by molar-refractivity contribution is 9.10. The van der Waals surface area contributed by atoms with Crippen molar-refractivity contribution in [1.82, 2.24) is 0 Å². The van der Waals surface area contributed by atoms with E-state index in [1.807, 2.05) is 18.2 Å². The van der Waals surface area contributed by atoms with Crippen LogP contribution in [0.25, 0.3) is 0 Å². The topological polar surface area (TPSA) is 90.3 Å². The standard InChI is InChI=1S/C10H13BrN2O2S/c11-7-2-1-3-8(9(7)10(12)13)16-5-6(15)4-14/h1-3,6,14-15H,4-5H2,(H3,12,13). The molecule has 0 aliphatic heterocycles. The Bertz CT molecular complexity index is 387. The van der Waals surface area contributed by atoms with E-state index in [9.17, 15) is 5.11 Å². The van der Waals surface area contributed by atoms with Crippen molar-refractivity contribution in [3.8, 4) is 0 Å². The van der Waals surface area contributed by atoms with Crippen LogP contribution in [0.4, 0.5) is 0 Å². The Morgan fingerprint density at radius 3 is 2.81 bits per heavy atom. The lowest BCUT2D eigenvalue weighted by Gasteiger charge is -2.11. The quantitative estimate of drug-likeness (QED) is 0.373. The Labute approximate surface area is 106 Å². The van der Waals surface area contributed by atoms with Crippen molar-refractivity contribution in [1.29, 1.82) is 5.41 Å². The van der Waals surface area contributed by atoms with E-state index in [-0.39, 0.29) is 12.4 Å². The molecule has 0 fully saturated rings. The van der Waals surface area contributed by atoms with Crippen LogP contribution < -0.4 is 5.73 Å². The number of benzene rings is 1. The first-order chi connectivity index (χ1) is 7.56. The van der Waals surface area contributed by atoms with Crippen LogP contribution in [0.5, 0.6) is 0 Å². The van der Waals surface area contributed by atoms with Crippen LogP contribution in [0.15, 0.2) is 27.6 Å². The largest absolute Gasteiger partial charge is 0.394 e. The van der Waals surface area contributed by atoms with Gasteiger partial charge in [-0.15, -0.1) is 11.8 Å². The van der Waals surface area contributed by atoms with Crippen molar-refractivity contribution in [3.63, 3.8) is 0 Å². The fraction of sp³-hybridized carbons (Fsp3) is 0.300. The van der Waals surface area contributed by atoms with Crippen LogP contribution in [0.1, 0.15) is 5.56 Å². The van der Waals surface area contributed by atoms with Gasteiger partial charge in [0, 0.05) is 20.7 Å². The number of aliphatic hydroxyl groups is 2. The van der Waals surface area contributed by atoms with E-state index in [2.05, 4.69) is 15.9 Å². The highest BCUT2D eigenvalue weighted by atomic mass is 79.9. The highest BCUT2D eigenvalue weighted by Crippen LogP contribution is 2.28. The number of hydrogen-bond donors (Lipinski definition) is 4. The normalized spacial score (nSPS) is 12.4. The molecule has 0 aliphatic rings. The highest BCUT2D eigenvalue weighted by Gasteiger charge is 2.11. The molecule has 0 spiro atoms. The summed E-state index contributed by atoms with van der Waals surface area (Å²) in [5.74, 6) is 0.348. The molecule has 0 heterocycles. The average molecular weight is 305 g/mol. The Morgan fingerprint density at radius 2 is 2.25 bits per heavy atom. The number of nitrogens with two attached hydrogens (primary N) is 1. The maximum absolute atomic E-state index is 9.25. The zero-order valence-electron chi connectivity index (χ0n) is 8.48. The number of thioether (sulfide) groups is 1. The molecule has 0 aromatic heterocycles. The summed E-state index contributed by atoms with van der Waals surface area (Å²) in [4.78, 5) is 0.814. The molecule has 1 aromatic carbocycles. The lowest BCUT2D eigenvalue weighted by atomic mass is 10.2. The summed E-state index contributed by atoms with van der Waals surface area (Å²) in [6.07, 6.45) is -0.760. The van der Waals surface area contributed by atoms with Gasteiger partial charge < -0.3 is 15.9 Å². The molecular weight excluding hydrogens is 292 g/mol. The molecule has 16 heavy (non-hydrogen) atoms. The molecule has 5 N–H and O–H groups in total.